The maximum Gasteiger partial charge on any atom is 0.144 e. The van der Waals surface area contributed by atoms with E-state index >= 15 is 0 Å². The number of hydrogen-bond acceptors (Lipinski definition) is 1. The van der Waals surface area contributed by atoms with Crippen molar-refractivity contribution in [3.63, 3.8) is 0 Å². The number of rotatable bonds is 2. The van der Waals surface area contributed by atoms with Gasteiger partial charge in [0, 0.05) is 10.8 Å². The molecule has 0 aromatic carbocycles. The average molecular weight is 224 g/mol. The predicted octanol–water partition coefficient (Wildman–Crippen LogP) is 4.60. The molecule has 0 unspecified atom stereocenters. The Hall–Kier alpha value is -0.330. The van der Waals surface area contributed by atoms with Gasteiger partial charge in [0.2, 0.25) is 0 Å². The summed E-state index contributed by atoms with van der Waals surface area (Å²) >= 11 is 0. The molecule has 1 fully saturated rings. The normalized spacial score (nSPS) is 21.1. The molecule has 0 heterocycles. The van der Waals surface area contributed by atoms with E-state index in [1.54, 1.807) is 0 Å². The minimum Gasteiger partial charge on any atom is -0.298 e. The minimum atomic E-state index is -0.185. The van der Waals surface area contributed by atoms with Gasteiger partial charge in [-0.1, -0.05) is 54.4 Å². The first-order valence-electron chi connectivity index (χ1n) is 6.62. The monoisotopic (exact) mass is 224 g/mol. The number of Topliss-reactive ketones (excluding diaryl/α,β-unsaturated/α-hetero) is 1. The van der Waals surface area contributed by atoms with E-state index in [4.69, 9.17) is 0 Å². The van der Waals surface area contributed by atoms with Gasteiger partial charge in [0.15, 0.2) is 0 Å². The van der Waals surface area contributed by atoms with Gasteiger partial charge >= 0.3 is 0 Å². The summed E-state index contributed by atoms with van der Waals surface area (Å²) < 4.78 is 0. The lowest BCUT2D eigenvalue weighted by Gasteiger charge is -2.38. The van der Waals surface area contributed by atoms with Crippen LogP contribution < -0.4 is 0 Å². The Morgan fingerprint density at radius 3 is 1.75 bits per heavy atom. The fraction of sp³-hybridized carbons (Fsp3) is 0.933. The molecular weight excluding hydrogens is 196 g/mol. The van der Waals surface area contributed by atoms with Crippen molar-refractivity contribution in [1.29, 1.82) is 0 Å². The minimum absolute atomic E-state index is 0.0174. The third-order valence-corrected chi connectivity index (χ3v) is 3.59. The number of hydrogen-bond donors (Lipinski definition) is 0. The summed E-state index contributed by atoms with van der Waals surface area (Å²) in [5, 5.41) is 0. The van der Waals surface area contributed by atoms with Gasteiger partial charge < -0.3 is 0 Å². The van der Waals surface area contributed by atoms with Crippen LogP contribution in [0.5, 0.6) is 0 Å². The molecule has 0 aliphatic heterocycles. The van der Waals surface area contributed by atoms with Crippen LogP contribution in [0.1, 0.15) is 73.6 Å². The third kappa shape index (κ3) is 3.09. The molecule has 1 heteroatoms. The Balaban J connectivity index is 2.94. The predicted molar refractivity (Wildman–Crippen MR) is 69.4 cm³/mol. The first-order valence-corrected chi connectivity index (χ1v) is 6.62. The first kappa shape index (κ1) is 13.7. The van der Waals surface area contributed by atoms with Gasteiger partial charge in [-0.3, -0.25) is 4.79 Å². The van der Waals surface area contributed by atoms with Gasteiger partial charge in [-0.15, -0.1) is 0 Å². The SMILES string of the molecule is CC(C)(C)CC1(C(=O)C(C)(C)C)CCCC1. The molecule has 1 aliphatic rings. The second-order valence-corrected chi connectivity index (χ2v) is 7.80. The summed E-state index contributed by atoms with van der Waals surface area (Å²) in [5.74, 6) is 0.493. The highest BCUT2D eigenvalue weighted by atomic mass is 16.1. The van der Waals surface area contributed by atoms with Gasteiger partial charge in [-0.25, -0.2) is 0 Å². The molecule has 0 radical (unpaired) electrons. The maximum absolute atomic E-state index is 12.7. The van der Waals surface area contributed by atoms with Crippen molar-refractivity contribution in [2.75, 3.05) is 0 Å². The molecule has 0 atom stereocenters. The van der Waals surface area contributed by atoms with Crippen LogP contribution in [-0.2, 0) is 4.79 Å². The Morgan fingerprint density at radius 1 is 1.00 bits per heavy atom. The van der Waals surface area contributed by atoms with Crippen LogP contribution in [-0.4, -0.2) is 5.78 Å². The molecular formula is C15H28O. The van der Waals surface area contributed by atoms with Crippen molar-refractivity contribution in [3.05, 3.63) is 0 Å². The summed E-state index contributed by atoms with van der Waals surface area (Å²) in [5.41, 5.74) is 0.0529. The van der Waals surface area contributed by atoms with Gasteiger partial charge in [0.25, 0.3) is 0 Å². The number of carbonyl (C=O) groups excluding carboxylic acids is 1. The fourth-order valence-electron chi connectivity index (χ4n) is 3.35. The summed E-state index contributed by atoms with van der Waals surface area (Å²) in [4.78, 5) is 12.7. The quantitative estimate of drug-likeness (QED) is 0.670. The molecule has 0 aromatic rings. The molecule has 1 aliphatic carbocycles. The van der Waals surface area contributed by atoms with E-state index in [1.807, 2.05) is 0 Å². The maximum atomic E-state index is 12.7. The molecule has 0 N–H and O–H groups in total. The van der Waals surface area contributed by atoms with Crippen LogP contribution >= 0.6 is 0 Å². The summed E-state index contributed by atoms with van der Waals surface area (Å²) in [7, 11) is 0. The van der Waals surface area contributed by atoms with Crippen molar-refractivity contribution in [3.8, 4) is 0 Å². The second-order valence-electron chi connectivity index (χ2n) is 7.80. The Labute approximate surface area is 101 Å². The van der Waals surface area contributed by atoms with E-state index in [1.165, 1.54) is 12.8 Å². The zero-order valence-electron chi connectivity index (χ0n) is 11.9. The van der Waals surface area contributed by atoms with Crippen molar-refractivity contribution < 1.29 is 4.79 Å². The zero-order valence-corrected chi connectivity index (χ0v) is 11.9. The Bertz CT molecular complexity index is 256. The summed E-state index contributed by atoms with van der Waals surface area (Å²) in [6.07, 6.45) is 5.74. The third-order valence-electron chi connectivity index (χ3n) is 3.59. The standard InChI is InChI=1S/C15H28O/c1-13(2,3)11-15(9-7-8-10-15)12(16)14(4,5)6/h7-11H2,1-6H3. The molecule has 0 aromatic heterocycles. The van der Waals surface area contributed by atoms with E-state index in [2.05, 4.69) is 41.5 Å². The van der Waals surface area contributed by atoms with Gasteiger partial charge in [0.05, 0.1) is 0 Å². The molecule has 0 saturated heterocycles. The van der Waals surface area contributed by atoms with Gasteiger partial charge in [-0.05, 0) is 24.7 Å². The molecule has 94 valence electrons. The van der Waals surface area contributed by atoms with Crippen molar-refractivity contribution >= 4 is 5.78 Å². The highest BCUT2D eigenvalue weighted by molar-refractivity contribution is 5.89. The number of carbonyl (C=O) groups is 1. The lowest BCUT2D eigenvalue weighted by Crippen LogP contribution is -2.40. The van der Waals surface area contributed by atoms with E-state index < -0.39 is 0 Å². The van der Waals surface area contributed by atoms with Gasteiger partial charge in [-0.2, -0.15) is 0 Å². The molecule has 0 bridgehead atoms. The van der Waals surface area contributed by atoms with Crippen LogP contribution in [0.25, 0.3) is 0 Å². The average Bonchev–Trinajstić information content (AvgIpc) is 2.48. The molecule has 16 heavy (non-hydrogen) atoms. The zero-order chi connectivity index (χ0) is 12.6. The van der Waals surface area contributed by atoms with Crippen LogP contribution in [0.15, 0.2) is 0 Å². The lowest BCUT2D eigenvalue weighted by molar-refractivity contribution is -0.138. The van der Waals surface area contributed by atoms with Crippen molar-refractivity contribution in [2.24, 2.45) is 16.2 Å². The van der Waals surface area contributed by atoms with E-state index in [0.717, 1.165) is 19.3 Å². The Morgan fingerprint density at radius 2 is 1.44 bits per heavy atom. The van der Waals surface area contributed by atoms with Crippen LogP contribution in [0.4, 0.5) is 0 Å². The molecule has 0 spiro atoms. The fourth-order valence-corrected chi connectivity index (χ4v) is 3.35. The lowest BCUT2D eigenvalue weighted by atomic mass is 9.64. The van der Waals surface area contributed by atoms with Crippen molar-refractivity contribution in [2.45, 2.75) is 73.6 Å². The number of ketones is 1. The van der Waals surface area contributed by atoms with Crippen molar-refractivity contribution in [1.82, 2.24) is 0 Å². The summed E-state index contributed by atoms with van der Waals surface area (Å²) in [6.45, 7) is 13.0. The molecule has 0 amide bonds. The first-order chi connectivity index (χ1) is 7.07. The smallest absolute Gasteiger partial charge is 0.144 e. The largest absolute Gasteiger partial charge is 0.298 e. The molecule has 1 saturated carbocycles. The second kappa shape index (κ2) is 4.16. The highest BCUT2D eigenvalue weighted by Gasteiger charge is 2.46. The van der Waals surface area contributed by atoms with Crippen LogP contribution in [0, 0.1) is 16.2 Å². The topological polar surface area (TPSA) is 17.1 Å². The molecule has 1 rings (SSSR count). The van der Waals surface area contributed by atoms with Crippen LogP contribution in [0.3, 0.4) is 0 Å². The van der Waals surface area contributed by atoms with Gasteiger partial charge in [0.1, 0.15) is 5.78 Å². The molecule has 1 nitrogen and oxygen atoms in total. The highest BCUT2D eigenvalue weighted by Crippen LogP contribution is 2.50. The van der Waals surface area contributed by atoms with Crippen LogP contribution in [0.2, 0.25) is 0 Å². The van der Waals surface area contributed by atoms with E-state index in [0.29, 0.717) is 5.78 Å². The van der Waals surface area contributed by atoms with E-state index in [9.17, 15) is 4.79 Å². The summed E-state index contributed by atoms with van der Waals surface area (Å²) in [6, 6.07) is 0. The van der Waals surface area contributed by atoms with E-state index in [-0.39, 0.29) is 16.2 Å². The Kier molecular flexibility index (Phi) is 3.57.